The van der Waals surface area contributed by atoms with Gasteiger partial charge in [0.1, 0.15) is 0 Å². The lowest BCUT2D eigenvalue weighted by Crippen LogP contribution is -2.47. The van der Waals surface area contributed by atoms with Crippen molar-refractivity contribution < 1.29 is 14.4 Å². The molecule has 1 aromatic carbocycles. The van der Waals surface area contributed by atoms with E-state index < -0.39 is 0 Å². The molecule has 0 aromatic heterocycles. The van der Waals surface area contributed by atoms with E-state index in [4.69, 9.17) is 0 Å². The third kappa shape index (κ3) is 3.91. The molecule has 3 fully saturated rings. The maximum atomic E-state index is 13.0. The number of amides is 3. The van der Waals surface area contributed by atoms with Gasteiger partial charge in [0.25, 0.3) is 0 Å². The van der Waals surface area contributed by atoms with Crippen LogP contribution in [0.4, 0.5) is 5.69 Å². The van der Waals surface area contributed by atoms with Crippen LogP contribution in [0, 0.1) is 11.8 Å². The Labute approximate surface area is 166 Å². The zero-order valence-corrected chi connectivity index (χ0v) is 16.4. The van der Waals surface area contributed by atoms with Crippen LogP contribution >= 0.6 is 0 Å². The molecule has 6 nitrogen and oxygen atoms in total. The molecule has 0 radical (unpaired) electrons. The zero-order chi connectivity index (χ0) is 19.5. The minimum Gasteiger partial charge on any atom is -0.342 e. The fourth-order valence-electron chi connectivity index (χ4n) is 4.71. The highest BCUT2D eigenvalue weighted by Crippen LogP contribution is 2.28. The van der Waals surface area contributed by atoms with E-state index in [1.165, 1.54) is 6.42 Å². The number of likely N-dealkylation sites (tertiary alicyclic amines) is 2. The first-order valence-electron chi connectivity index (χ1n) is 10.6. The van der Waals surface area contributed by atoms with Crippen molar-refractivity contribution in [1.82, 2.24) is 9.80 Å². The zero-order valence-electron chi connectivity index (χ0n) is 16.4. The van der Waals surface area contributed by atoms with Gasteiger partial charge in [0.2, 0.25) is 17.7 Å². The van der Waals surface area contributed by atoms with Crippen molar-refractivity contribution in [1.29, 1.82) is 0 Å². The Hall–Kier alpha value is -2.37. The van der Waals surface area contributed by atoms with Gasteiger partial charge >= 0.3 is 0 Å². The highest BCUT2D eigenvalue weighted by Gasteiger charge is 2.39. The van der Waals surface area contributed by atoms with Crippen LogP contribution in [0.15, 0.2) is 30.3 Å². The molecule has 1 atom stereocenters. The number of benzene rings is 1. The highest BCUT2D eigenvalue weighted by atomic mass is 16.2. The second kappa shape index (κ2) is 8.33. The summed E-state index contributed by atoms with van der Waals surface area (Å²) in [5.41, 5.74) is 0.855. The van der Waals surface area contributed by atoms with E-state index in [9.17, 15) is 14.4 Å². The summed E-state index contributed by atoms with van der Waals surface area (Å²) in [7, 11) is 0. The first-order chi connectivity index (χ1) is 13.6. The Balaban J connectivity index is 1.31. The number of hydrogen-bond donors (Lipinski definition) is 0. The smallest absolute Gasteiger partial charge is 0.228 e. The van der Waals surface area contributed by atoms with Gasteiger partial charge in [-0.2, -0.15) is 0 Å². The molecule has 0 spiro atoms. The normalized spacial score (nSPS) is 23.9. The van der Waals surface area contributed by atoms with Gasteiger partial charge in [-0.1, -0.05) is 18.2 Å². The third-order valence-electron chi connectivity index (χ3n) is 6.37. The van der Waals surface area contributed by atoms with Gasteiger partial charge in [-0.25, -0.2) is 0 Å². The van der Waals surface area contributed by atoms with Gasteiger partial charge in [-0.3, -0.25) is 14.4 Å². The summed E-state index contributed by atoms with van der Waals surface area (Å²) in [5, 5.41) is 0. The molecule has 4 rings (SSSR count). The fraction of sp³-hybridized carbons (Fsp3) is 0.591. The summed E-state index contributed by atoms with van der Waals surface area (Å²) in [4.78, 5) is 43.6. The lowest BCUT2D eigenvalue weighted by atomic mass is 9.93. The standard InChI is InChI=1S/C22H29N3O3/c26-20-15-18(16-25(20)19-7-3-1-4-8-19)22(28)24-13-9-17(10-14-24)21(27)23-11-5-2-6-12-23/h1,3-4,7-8,17-18H,2,5-6,9-16H2. The second-order valence-corrected chi connectivity index (χ2v) is 8.23. The first-order valence-corrected chi connectivity index (χ1v) is 10.6. The summed E-state index contributed by atoms with van der Waals surface area (Å²) in [6.07, 6.45) is 5.19. The molecule has 1 unspecified atom stereocenters. The average molecular weight is 383 g/mol. The molecule has 3 heterocycles. The summed E-state index contributed by atoms with van der Waals surface area (Å²) in [5.74, 6) is 0.128. The maximum absolute atomic E-state index is 13.0. The van der Waals surface area contributed by atoms with E-state index in [2.05, 4.69) is 0 Å². The van der Waals surface area contributed by atoms with Crippen molar-refractivity contribution in [3.05, 3.63) is 30.3 Å². The van der Waals surface area contributed by atoms with E-state index in [1.54, 1.807) is 4.90 Å². The number of nitrogens with zero attached hydrogens (tertiary/aromatic N) is 3. The molecular weight excluding hydrogens is 354 g/mol. The molecule has 6 heteroatoms. The molecule has 150 valence electrons. The van der Waals surface area contributed by atoms with Crippen molar-refractivity contribution >= 4 is 23.4 Å². The summed E-state index contributed by atoms with van der Waals surface area (Å²) >= 11 is 0. The van der Waals surface area contributed by atoms with Gasteiger partial charge in [0, 0.05) is 50.7 Å². The molecule has 0 saturated carbocycles. The van der Waals surface area contributed by atoms with Crippen LogP contribution in [0.2, 0.25) is 0 Å². The van der Waals surface area contributed by atoms with Gasteiger partial charge < -0.3 is 14.7 Å². The Morgan fingerprint density at radius 3 is 2.07 bits per heavy atom. The van der Waals surface area contributed by atoms with E-state index in [1.807, 2.05) is 40.1 Å². The lowest BCUT2D eigenvalue weighted by molar-refractivity contribution is -0.143. The van der Waals surface area contributed by atoms with Crippen molar-refractivity contribution in [2.24, 2.45) is 11.8 Å². The number of piperidine rings is 2. The summed E-state index contributed by atoms with van der Waals surface area (Å²) < 4.78 is 0. The van der Waals surface area contributed by atoms with E-state index in [-0.39, 0.29) is 36.0 Å². The van der Waals surface area contributed by atoms with Crippen LogP contribution in [0.25, 0.3) is 0 Å². The summed E-state index contributed by atoms with van der Waals surface area (Å²) in [6.45, 7) is 3.47. The molecule has 28 heavy (non-hydrogen) atoms. The predicted molar refractivity (Wildman–Crippen MR) is 107 cm³/mol. The van der Waals surface area contributed by atoms with Crippen LogP contribution in [-0.2, 0) is 14.4 Å². The molecule has 0 N–H and O–H groups in total. The Morgan fingerprint density at radius 1 is 0.786 bits per heavy atom. The first kappa shape index (κ1) is 19.0. The Morgan fingerprint density at radius 2 is 1.39 bits per heavy atom. The molecular formula is C22H29N3O3. The fourth-order valence-corrected chi connectivity index (χ4v) is 4.71. The molecule has 3 saturated heterocycles. The number of carbonyl (C=O) groups excluding carboxylic acids is 3. The van der Waals surface area contributed by atoms with Crippen molar-refractivity contribution in [3.63, 3.8) is 0 Å². The molecule has 3 aliphatic rings. The minimum atomic E-state index is -0.276. The van der Waals surface area contributed by atoms with Crippen molar-refractivity contribution in [2.45, 2.75) is 38.5 Å². The number of rotatable bonds is 3. The largest absolute Gasteiger partial charge is 0.342 e. The van der Waals surface area contributed by atoms with Crippen LogP contribution < -0.4 is 4.90 Å². The number of hydrogen-bond acceptors (Lipinski definition) is 3. The quantitative estimate of drug-likeness (QED) is 0.805. The maximum Gasteiger partial charge on any atom is 0.228 e. The van der Waals surface area contributed by atoms with Crippen LogP contribution in [0.3, 0.4) is 0 Å². The van der Waals surface area contributed by atoms with Gasteiger partial charge in [0.05, 0.1) is 5.92 Å². The number of para-hydroxylation sites is 1. The molecule has 0 aliphatic carbocycles. The van der Waals surface area contributed by atoms with E-state index in [0.717, 1.165) is 44.5 Å². The Bertz CT molecular complexity index is 722. The van der Waals surface area contributed by atoms with Crippen molar-refractivity contribution in [2.75, 3.05) is 37.6 Å². The molecule has 1 aromatic rings. The SMILES string of the molecule is O=C(C1CCN(C(=O)C2CC(=O)N(c3ccccc3)C2)CC1)N1CCCCC1. The average Bonchev–Trinajstić information content (AvgIpc) is 3.15. The Kier molecular flexibility index (Phi) is 5.64. The number of carbonyl (C=O) groups is 3. The molecule has 0 bridgehead atoms. The number of anilines is 1. The van der Waals surface area contributed by atoms with Crippen molar-refractivity contribution in [3.8, 4) is 0 Å². The van der Waals surface area contributed by atoms with E-state index in [0.29, 0.717) is 19.6 Å². The topological polar surface area (TPSA) is 60.9 Å². The van der Waals surface area contributed by atoms with Gasteiger partial charge in [0.15, 0.2) is 0 Å². The van der Waals surface area contributed by atoms with Gasteiger partial charge in [-0.05, 0) is 44.2 Å². The highest BCUT2D eigenvalue weighted by molar-refractivity contribution is 6.00. The second-order valence-electron chi connectivity index (χ2n) is 8.23. The van der Waals surface area contributed by atoms with Crippen LogP contribution in [0.1, 0.15) is 38.5 Å². The summed E-state index contributed by atoms with van der Waals surface area (Å²) in [6, 6.07) is 9.54. The third-order valence-corrected chi connectivity index (χ3v) is 6.37. The molecule has 3 amide bonds. The predicted octanol–water partition coefficient (Wildman–Crippen LogP) is 2.29. The van der Waals surface area contributed by atoms with Crippen LogP contribution in [-0.4, -0.2) is 60.2 Å². The lowest BCUT2D eigenvalue weighted by Gasteiger charge is -2.36. The van der Waals surface area contributed by atoms with Gasteiger partial charge in [-0.15, -0.1) is 0 Å². The van der Waals surface area contributed by atoms with E-state index >= 15 is 0 Å². The molecule has 3 aliphatic heterocycles. The van der Waals surface area contributed by atoms with Crippen LogP contribution in [0.5, 0.6) is 0 Å². The monoisotopic (exact) mass is 383 g/mol. The minimum absolute atomic E-state index is 0.0136.